The van der Waals surface area contributed by atoms with E-state index in [4.69, 9.17) is 5.11 Å². The van der Waals surface area contributed by atoms with Gasteiger partial charge in [0.25, 0.3) is 0 Å². The van der Waals surface area contributed by atoms with E-state index in [1.165, 1.54) is 17.4 Å². The van der Waals surface area contributed by atoms with Gasteiger partial charge in [-0.15, -0.1) is 11.3 Å². The lowest BCUT2D eigenvalue weighted by molar-refractivity contribution is -0.137. The Hall–Kier alpha value is -2.02. The zero-order valence-corrected chi connectivity index (χ0v) is 12.3. The van der Waals surface area contributed by atoms with Crippen LogP contribution in [0.15, 0.2) is 18.2 Å². The van der Waals surface area contributed by atoms with Crippen LogP contribution in [0.25, 0.3) is 11.3 Å². The van der Waals surface area contributed by atoms with Gasteiger partial charge in [-0.3, -0.25) is 4.79 Å². The first-order chi connectivity index (χ1) is 9.92. The maximum absolute atomic E-state index is 13.4. The molecule has 1 heterocycles. The molecule has 2 rings (SSSR count). The number of anilines is 1. The quantitative estimate of drug-likeness (QED) is 0.883. The lowest BCUT2D eigenvalue weighted by Gasteiger charge is -2.08. The highest BCUT2D eigenvalue weighted by Crippen LogP contribution is 2.37. The first kappa shape index (κ1) is 15.4. The Morgan fingerprint density at radius 3 is 2.71 bits per heavy atom. The Balaban J connectivity index is 2.48. The van der Waals surface area contributed by atoms with Crippen molar-refractivity contribution in [1.29, 1.82) is 0 Å². The van der Waals surface area contributed by atoms with Gasteiger partial charge in [-0.2, -0.15) is 0 Å². The number of nitrogens with zero attached hydrogens (tertiary/aromatic N) is 1. The normalized spacial score (nSPS) is 12.2. The lowest BCUT2D eigenvalue weighted by Crippen LogP contribution is -2.02. The molecular formula is C14H14F2N2O2S. The molecular weight excluding hydrogens is 298 g/mol. The van der Waals surface area contributed by atoms with Crippen LogP contribution in [0.1, 0.15) is 24.1 Å². The number of benzene rings is 1. The third kappa shape index (κ3) is 3.36. The Labute approximate surface area is 124 Å². The van der Waals surface area contributed by atoms with E-state index in [1.807, 2.05) is 0 Å². The Bertz CT molecular complexity index is 673. The molecule has 0 saturated carbocycles. The summed E-state index contributed by atoms with van der Waals surface area (Å²) >= 11 is 1.31. The topological polar surface area (TPSA) is 62.2 Å². The first-order valence-corrected chi connectivity index (χ1v) is 7.09. The highest BCUT2D eigenvalue weighted by atomic mass is 32.1. The van der Waals surface area contributed by atoms with Crippen molar-refractivity contribution < 1.29 is 18.7 Å². The monoisotopic (exact) mass is 312 g/mol. The summed E-state index contributed by atoms with van der Waals surface area (Å²) in [5, 5.41) is 12.4. The molecule has 1 aromatic heterocycles. The highest BCUT2D eigenvalue weighted by Gasteiger charge is 2.21. The van der Waals surface area contributed by atoms with Crippen LogP contribution in [-0.2, 0) is 4.79 Å². The zero-order valence-electron chi connectivity index (χ0n) is 11.5. The average Bonchev–Trinajstić information content (AvgIpc) is 2.85. The minimum Gasteiger partial charge on any atom is -0.481 e. The number of aliphatic carboxylic acids is 1. The van der Waals surface area contributed by atoms with E-state index < -0.39 is 17.6 Å². The van der Waals surface area contributed by atoms with Crippen molar-refractivity contribution in [2.24, 2.45) is 0 Å². The predicted octanol–water partition coefficient (Wildman–Crippen LogP) is 3.71. The van der Waals surface area contributed by atoms with E-state index in [1.54, 1.807) is 14.0 Å². The largest absolute Gasteiger partial charge is 0.481 e. The summed E-state index contributed by atoms with van der Waals surface area (Å²) in [6.45, 7) is 1.77. The molecule has 2 aromatic rings. The molecule has 0 saturated heterocycles. The summed E-state index contributed by atoms with van der Waals surface area (Å²) in [6, 6.07) is 3.54. The van der Waals surface area contributed by atoms with Crippen LogP contribution in [0.5, 0.6) is 0 Å². The van der Waals surface area contributed by atoms with Crippen LogP contribution in [0, 0.1) is 11.6 Å². The smallest absolute Gasteiger partial charge is 0.303 e. The molecule has 0 radical (unpaired) electrons. The first-order valence-electron chi connectivity index (χ1n) is 6.28. The number of rotatable bonds is 5. The fraction of sp³-hybridized carbons (Fsp3) is 0.286. The summed E-state index contributed by atoms with van der Waals surface area (Å²) in [6.07, 6.45) is -0.0535. The molecule has 0 fully saturated rings. The van der Waals surface area contributed by atoms with Crippen molar-refractivity contribution in [3.05, 3.63) is 34.7 Å². The Kier molecular flexibility index (Phi) is 4.52. The molecule has 1 atom stereocenters. The van der Waals surface area contributed by atoms with E-state index in [9.17, 15) is 13.6 Å². The SMILES string of the molecule is CNc1nc(-c2ccc(F)c(F)c2)c(C(C)CC(=O)O)s1. The third-order valence-electron chi connectivity index (χ3n) is 2.99. The minimum atomic E-state index is -0.955. The molecule has 7 heteroatoms. The van der Waals surface area contributed by atoms with Gasteiger partial charge in [0.15, 0.2) is 16.8 Å². The molecule has 0 aliphatic carbocycles. The summed E-state index contributed by atoms with van der Waals surface area (Å²) < 4.78 is 26.4. The van der Waals surface area contributed by atoms with Crippen molar-refractivity contribution in [2.45, 2.75) is 19.3 Å². The van der Waals surface area contributed by atoms with Gasteiger partial charge in [0.05, 0.1) is 12.1 Å². The summed E-state index contributed by atoms with van der Waals surface area (Å²) in [5.74, 6) is -3.07. The van der Waals surface area contributed by atoms with Crippen molar-refractivity contribution in [1.82, 2.24) is 4.98 Å². The van der Waals surface area contributed by atoms with Gasteiger partial charge in [0.1, 0.15) is 0 Å². The van der Waals surface area contributed by atoms with E-state index in [2.05, 4.69) is 10.3 Å². The maximum atomic E-state index is 13.4. The predicted molar refractivity (Wildman–Crippen MR) is 77.7 cm³/mol. The molecule has 0 amide bonds. The summed E-state index contributed by atoms with van der Waals surface area (Å²) in [5.41, 5.74) is 0.913. The van der Waals surface area contributed by atoms with Crippen LogP contribution in [0.4, 0.5) is 13.9 Å². The summed E-state index contributed by atoms with van der Waals surface area (Å²) in [4.78, 5) is 15.9. The van der Waals surface area contributed by atoms with E-state index in [-0.39, 0.29) is 12.3 Å². The van der Waals surface area contributed by atoms with E-state index >= 15 is 0 Å². The molecule has 1 aromatic carbocycles. The number of nitrogens with one attached hydrogen (secondary N) is 1. The van der Waals surface area contributed by atoms with Crippen molar-refractivity contribution in [2.75, 3.05) is 12.4 Å². The number of carboxylic acids is 1. The Morgan fingerprint density at radius 2 is 2.14 bits per heavy atom. The number of carboxylic acid groups (broad SMARTS) is 1. The maximum Gasteiger partial charge on any atom is 0.303 e. The van der Waals surface area contributed by atoms with Gasteiger partial charge >= 0.3 is 5.97 Å². The van der Waals surface area contributed by atoms with Crippen LogP contribution in [-0.4, -0.2) is 23.1 Å². The molecule has 0 bridgehead atoms. The fourth-order valence-corrected chi connectivity index (χ4v) is 2.97. The average molecular weight is 312 g/mol. The molecule has 21 heavy (non-hydrogen) atoms. The van der Waals surface area contributed by atoms with Crippen molar-refractivity contribution in [3.63, 3.8) is 0 Å². The second-order valence-electron chi connectivity index (χ2n) is 4.61. The fourth-order valence-electron chi connectivity index (χ4n) is 1.98. The second kappa shape index (κ2) is 6.17. The molecule has 1 unspecified atom stereocenters. The molecule has 112 valence electrons. The van der Waals surface area contributed by atoms with Crippen molar-refractivity contribution >= 4 is 22.4 Å². The van der Waals surface area contributed by atoms with Crippen LogP contribution < -0.4 is 5.32 Å². The number of halogens is 2. The van der Waals surface area contributed by atoms with Gasteiger partial charge in [-0.1, -0.05) is 6.92 Å². The molecule has 4 nitrogen and oxygen atoms in total. The lowest BCUT2D eigenvalue weighted by atomic mass is 10.0. The van der Waals surface area contributed by atoms with Gasteiger partial charge in [-0.25, -0.2) is 13.8 Å². The highest BCUT2D eigenvalue weighted by molar-refractivity contribution is 7.16. The minimum absolute atomic E-state index is 0.0535. The van der Waals surface area contributed by atoms with Crippen LogP contribution in [0.2, 0.25) is 0 Å². The standard InChI is InChI=1S/C14H14F2N2O2S/c1-7(5-11(19)20)13-12(18-14(17-2)21-13)8-3-4-9(15)10(16)6-8/h3-4,6-7H,5H2,1-2H3,(H,17,18)(H,19,20). The summed E-state index contributed by atoms with van der Waals surface area (Å²) in [7, 11) is 1.69. The Morgan fingerprint density at radius 1 is 1.43 bits per heavy atom. The van der Waals surface area contributed by atoms with E-state index in [0.717, 1.165) is 17.0 Å². The van der Waals surface area contributed by atoms with Gasteiger partial charge in [0.2, 0.25) is 0 Å². The van der Waals surface area contributed by atoms with Crippen LogP contribution in [0.3, 0.4) is 0 Å². The number of hydrogen-bond acceptors (Lipinski definition) is 4. The second-order valence-corrected chi connectivity index (χ2v) is 5.64. The van der Waals surface area contributed by atoms with Gasteiger partial charge in [0, 0.05) is 23.4 Å². The van der Waals surface area contributed by atoms with Gasteiger partial charge < -0.3 is 10.4 Å². The number of aromatic nitrogens is 1. The van der Waals surface area contributed by atoms with Gasteiger partial charge in [-0.05, 0) is 18.2 Å². The molecule has 2 N–H and O–H groups in total. The number of hydrogen-bond donors (Lipinski definition) is 2. The number of thiazole rings is 1. The molecule has 0 aliphatic rings. The number of carbonyl (C=O) groups is 1. The zero-order chi connectivity index (χ0) is 15.6. The van der Waals surface area contributed by atoms with Crippen molar-refractivity contribution in [3.8, 4) is 11.3 Å². The van der Waals surface area contributed by atoms with E-state index in [0.29, 0.717) is 16.4 Å². The van der Waals surface area contributed by atoms with Crippen LogP contribution >= 0.6 is 11.3 Å². The molecule has 0 aliphatic heterocycles. The molecule has 0 spiro atoms. The third-order valence-corrected chi connectivity index (χ3v) is 4.29.